The number of rotatable bonds is 7. The van der Waals surface area contributed by atoms with Gasteiger partial charge in [0.25, 0.3) is 0 Å². The molecule has 3 rings (SSSR count). The molecule has 0 aliphatic carbocycles. The first-order chi connectivity index (χ1) is 12.2. The Morgan fingerprint density at radius 2 is 2.00 bits per heavy atom. The third-order valence-electron chi connectivity index (χ3n) is 3.33. The first-order valence-electron chi connectivity index (χ1n) is 7.70. The lowest BCUT2D eigenvalue weighted by molar-refractivity contribution is -0.116. The molecule has 0 spiro atoms. The van der Waals surface area contributed by atoms with Crippen LogP contribution in [0.3, 0.4) is 0 Å². The second-order valence-electron chi connectivity index (χ2n) is 5.10. The van der Waals surface area contributed by atoms with Gasteiger partial charge in [0.15, 0.2) is 0 Å². The molecule has 128 valence electrons. The number of aromatic nitrogens is 2. The van der Waals surface area contributed by atoms with E-state index < -0.39 is 0 Å². The summed E-state index contributed by atoms with van der Waals surface area (Å²) in [6.07, 6.45) is 2.19. The summed E-state index contributed by atoms with van der Waals surface area (Å²) in [5, 5.41) is 10.4. The number of nitrogens with zero attached hydrogens (tertiary/aromatic N) is 2. The first-order valence-corrected chi connectivity index (χ1v) is 8.93. The van der Waals surface area contributed by atoms with Crippen LogP contribution in [0.2, 0.25) is 0 Å². The normalized spacial score (nSPS) is 10.4. The number of hydrogen-bond donors (Lipinski definition) is 1. The van der Waals surface area contributed by atoms with Crippen LogP contribution in [0.15, 0.2) is 63.9 Å². The SMILES string of the molecule is CSc1cccc(-c2nnc(NC(=O)CCOc3ccccc3)o2)c1. The number of para-hydroxylation sites is 1. The van der Waals surface area contributed by atoms with Gasteiger partial charge in [-0.15, -0.1) is 16.9 Å². The lowest BCUT2D eigenvalue weighted by Gasteiger charge is -2.04. The predicted octanol–water partition coefficient (Wildman–Crippen LogP) is 3.87. The van der Waals surface area contributed by atoms with E-state index in [1.54, 1.807) is 11.8 Å². The molecule has 2 aromatic carbocycles. The zero-order valence-electron chi connectivity index (χ0n) is 13.6. The highest BCUT2D eigenvalue weighted by Gasteiger charge is 2.12. The number of carbonyl (C=O) groups is 1. The summed E-state index contributed by atoms with van der Waals surface area (Å²) in [6, 6.07) is 17.2. The van der Waals surface area contributed by atoms with E-state index in [0.717, 1.165) is 16.2 Å². The van der Waals surface area contributed by atoms with Crippen molar-refractivity contribution in [2.75, 3.05) is 18.2 Å². The van der Waals surface area contributed by atoms with Crippen LogP contribution in [0.5, 0.6) is 5.75 Å². The Bertz CT molecular complexity index is 836. The molecular formula is C18H17N3O3S. The molecule has 0 saturated heterocycles. The summed E-state index contributed by atoms with van der Waals surface area (Å²) in [5.74, 6) is 0.847. The minimum absolute atomic E-state index is 0.0780. The average Bonchev–Trinajstić information content (AvgIpc) is 3.11. The molecule has 25 heavy (non-hydrogen) atoms. The van der Waals surface area contributed by atoms with Gasteiger partial charge in [-0.2, -0.15) is 0 Å². The maximum Gasteiger partial charge on any atom is 0.322 e. The molecule has 3 aromatic rings. The lowest BCUT2D eigenvalue weighted by Crippen LogP contribution is -2.15. The summed E-state index contributed by atoms with van der Waals surface area (Å²) < 4.78 is 11.0. The first kappa shape index (κ1) is 17.0. The molecule has 0 bridgehead atoms. The maximum atomic E-state index is 11.9. The number of ether oxygens (including phenoxy) is 1. The molecule has 1 N–H and O–H groups in total. The summed E-state index contributed by atoms with van der Waals surface area (Å²) in [7, 11) is 0. The highest BCUT2D eigenvalue weighted by molar-refractivity contribution is 7.98. The Kier molecular flexibility index (Phi) is 5.69. The molecule has 0 aliphatic rings. The van der Waals surface area contributed by atoms with E-state index in [2.05, 4.69) is 15.5 Å². The lowest BCUT2D eigenvalue weighted by atomic mass is 10.2. The molecule has 0 unspecified atom stereocenters. The fourth-order valence-electron chi connectivity index (χ4n) is 2.11. The summed E-state index contributed by atoms with van der Waals surface area (Å²) in [6.45, 7) is 0.270. The van der Waals surface area contributed by atoms with E-state index >= 15 is 0 Å². The highest BCUT2D eigenvalue weighted by atomic mass is 32.2. The quantitative estimate of drug-likeness (QED) is 0.648. The van der Waals surface area contributed by atoms with Crippen LogP contribution in [-0.2, 0) is 4.79 Å². The molecule has 0 fully saturated rings. The molecule has 6 nitrogen and oxygen atoms in total. The van der Waals surface area contributed by atoms with Crippen molar-refractivity contribution in [1.82, 2.24) is 10.2 Å². The van der Waals surface area contributed by atoms with Crippen molar-refractivity contribution in [3.05, 3.63) is 54.6 Å². The van der Waals surface area contributed by atoms with E-state index in [9.17, 15) is 4.79 Å². The van der Waals surface area contributed by atoms with Crippen molar-refractivity contribution in [3.8, 4) is 17.2 Å². The molecule has 1 aromatic heterocycles. The van der Waals surface area contributed by atoms with Gasteiger partial charge in [-0.25, -0.2) is 0 Å². The van der Waals surface area contributed by atoms with E-state index in [1.807, 2.05) is 60.9 Å². The fraction of sp³-hybridized carbons (Fsp3) is 0.167. The van der Waals surface area contributed by atoms with Gasteiger partial charge in [0.05, 0.1) is 13.0 Å². The zero-order chi connectivity index (χ0) is 17.5. The van der Waals surface area contributed by atoms with Crippen LogP contribution in [0.1, 0.15) is 6.42 Å². The highest BCUT2D eigenvalue weighted by Crippen LogP contribution is 2.24. The Hall–Kier alpha value is -2.80. The van der Waals surface area contributed by atoms with E-state index in [0.29, 0.717) is 5.89 Å². The molecule has 0 saturated carbocycles. The van der Waals surface area contributed by atoms with Crippen molar-refractivity contribution < 1.29 is 13.9 Å². The van der Waals surface area contributed by atoms with Gasteiger partial charge in [-0.1, -0.05) is 29.4 Å². The molecule has 7 heteroatoms. The summed E-state index contributed by atoms with van der Waals surface area (Å²) >= 11 is 1.63. The predicted molar refractivity (Wildman–Crippen MR) is 96.7 cm³/mol. The molecular weight excluding hydrogens is 338 g/mol. The van der Waals surface area contributed by atoms with Crippen LogP contribution in [0.25, 0.3) is 11.5 Å². The standard InChI is InChI=1S/C18H17N3O3S/c1-25-15-9-5-6-13(12-15)17-20-21-18(24-17)19-16(22)10-11-23-14-7-3-2-4-8-14/h2-9,12H,10-11H2,1H3,(H,19,21,22). The van der Waals surface area contributed by atoms with E-state index in [1.165, 1.54) is 0 Å². The maximum absolute atomic E-state index is 11.9. The third-order valence-corrected chi connectivity index (χ3v) is 4.05. The van der Waals surface area contributed by atoms with Crippen LogP contribution in [-0.4, -0.2) is 29.0 Å². The van der Waals surface area contributed by atoms with E-state index in [-0.39, 0.29) is 24.9 Å². The minimum Gasteiger partial charge on any atom is -0.493 e. The van der Waals surface area contributed by atoms with Crippen molar-refractivity contribution in [1.29, 1.82) is 0 Å². The van der Waals surface area contributed by atoms with Gasteiger partial charge in [-0.05, 0) is 36.6 Å². The number of nitrogens with one attached hydrogen (secondary N) is 1. The number of carbonyl (C=O) groups excluding carboxylic acids is 1. The van der Waals surface area contributed by atoms with Crippen LogP contribution in [0.4, 0.5) is 6.01 Å². The van der Waals surface area contributed by atoms with Gasteiger partial charge >= 0.3 is 6.01 Å². The molecule has 0 atom stereocenters. The largest absolute Gasteiger partial charge is 0.493 e. The van der Waals surface area contributed by atoms with Gasteiger partial charge in [-0.3, -0.25) is 10.1 Å². The number of hydrogen-bond acceptors (Lipinski definition) is 6. The fourth-order valence-corrected chi connectivity index (χ4v) is 2.57. The van der Waals surface area contributed by atoms with Crippen LogP contribution < -0.4 is 10.1 Å². The summed E-state index contributed by atoms with van der Waals surface area (Å²) in [4.78, 5) is 13.0. The Balaban J connectivity index is 1.53. The van der Waals surface area contributed by atoms with Crippen molar-refractivity contribution in [2.45, 2.75) is 11.3 Å². The molecule has 0 radical (unpaired) electrons. The Morgan fingerprint density at radius 1 is 1.16 bits per heavy atom. The zero-order valence-corrected chi connectivity index (χ0v) is 14.5. The van der Waals surface area contributed by atoms with Gasteiger partial charge < -0.3 is 9.15 Å². The van der Waals surface area contributed by atoms with E-state index in [4.69, 9.17) is 9.15 Å². The van der Waals surface area contributed by atoms with Crippen LogP contribution >= 0.6 is 11.8 Å². The number of anilines is 1. The average molecular weight is 355 g/mol. The van der Waals surface area contributed by atoms with Crippen molar-refractivity contribution >= 4 is 23.7 Å². The molecule has 1 amide bonds. The third kappa shape index (κ3) is 4.84. The van der Waals surface area contributed by atoms with Crippen LogP contribution in [0, 0.1) is 0 Å². The van der Waals surface area contributed by atoms with Crippen molar-refractivity contribution in [3.63, 3.8) is 0 Å². The second-order valence-corrected chi connectivity index (χ2v) is 5.98. The van der Waals surface area contributed by atoms with Crippen molar-refractivity contribution in [2.24, 2.45) is 0 Å². The van der Waals surface area contributed by atoms with Gasteiger partial charge in [0, 0.05) is 10.5 Å². The van der Waals surface area contributed by atoms with Gasteiger partial charge in [0.1, 0.15) is 5.75 Å². The number of benzene rings is 2. The monoisotopic (exact) mass is 355 g/mol. The number of thioether (sulfide) groups is 1. The number of amides is 1. The molecule has 1 heterocycles. The Morgan fingerprint density at radius 3 is 2.80 bits per heavy atom. The molecule has 0 aliphatic heterocycles. The second kappa shape index (κ2) is 8.34. The van der Waals surface area contributed by atoms with Gasteiger partial charge in [0.2, 0.25) is 11.8 Å². The summed E-state index contributed by atoms with van der Waals surface area (Å²) in [5.41, 5.74) is 0.812. The smallest absolute Gasteiger partial charge is 0.322 e. The topological polar surface area (TPSA) is 77.2 Å². The minimum atomic E-state index is -0.246. The Labute approximate surface area is 149 Å².